The van der Waals surface area contributed by atoms with E-state index >= 15 is 0 Å². The maximum atomic E-state index is 5.95. The lowest BCUT2D eigenvalue weighted by molar-refractivity contribution is 0.539. The zero-order valence-corrected chi connectivity index (χ0v) is 12.0. The lowest BCUT2D eigenvalue weighted by Gasteiger charge is -2.20. The van der Waals surface area contributed by atoms with Gasteiger partial charge in [-0.1, -0.05) is 43.7 Å². The molecule has 4 heteroatoms. The molecule has 2 aromatic rings. The highest BCUT2D eigenvalue weighted by molar-refractivity contribution is 6.17. The molecule has 0 bridgehead atoms. The highest BCUT2D eigenvalue weighted by atomic mass is 35.5. The van der Waals surface area contributed by atoms with E-state index in [0.717, 1.165) is 17.1 Å². The van der Waals surface area contributed by atoms with Crippen LogP contribution in [0.15, 0.2) is 24.3 Å². The lowest BCUT2D eigenvalue weighted by Crippen LogP contribution is -2.19. The Hall–Kier alpha value is -1.35. The molecule has 0 radical (unpaired) electrons. The zero-order chi connectivity index (χ0) is 13.3. The Morgan fingerprint density at radius 1 is 1.17 bits per heavy atom. The molecular weight excluding hydrogens is 246 g/mol. The van der Waals surface area contributed by atoms with Crippen LogP contribution in [0.3, 0.4) is 0 Å². The van der Waals surface area contributed by atoms with Gasteiger partial charge in [-0.25, -0.2) is 4.68 Å². The average molecular weight is 264 g/mol. The molecule has 96 valence electrons. The van der Waals surface area contributed by atoms with Crippen molar-refractivity contribution in [2.75, 3.05) is 0 Å². The number of aromatic nitrogens is 3. The van der Waals surface area contributed by atoms with Crippen LogP contribution in [-0.2, 0) is 11.3 Å². The number of nitrogens with zero attached hydrogens (tertiary/aromatic N) is 3. The lowest BCUT2D eigenvalue weighted by atomic mass is 9.90. The molecular formula is C14H18ClN3. The van der Waals surface area contributed by atoms with Gasteiger partial charge < -0.3 is 0 Å². The van der Waals surface area contributed by atoms with Crippen LogP contribution in [0.4, 0.5) is 0 Å². The van der Waals surface area contributed by atoms with Crippen LogP contribution in [0.25, 0.3) is 5.69 Å². The highest BCUT2D eigenvalue weighted by Crippen LogP contribution is 2.27. The zero-order valence-electron chi connectivity index (χ0n) is 11.2. The second-order valence-electron chi connectivity index (χ2n) is 5.52. The molecule has 0 aliphatic rings. The Bertz CT molecular complexity index is 535. The molecule has 0 aliphatic carbocycles. The molecule has 0 aliphatic heterocycles. The first kappa shape index (κ1) is 13.1. The topological polar surface area (TPSA) is 30.7 Å². The van der Waals surface area contributed by atoms with Crippen LogP contribution >= 0.6 is 11.6 Å². The fourth-order valence-corrected chi connectivity index (χ4v) is 2.20. The minimum absolute atomic E-state index is 0.0430. The van der Waals surface area contributed by atoms with E-state index < -0.39 is 0 Å². The van der Waals surface area contributed by atoms with Crippen LogP contribution in [0.2, 0.25) is 0 Å². The van der Waals surface area contributed by atoms with E-state index in [0.29, 0.717) is 5.88 Å². The number of aryl methyl sites for hydroxylation is 1. The van der Waals surface area contributed by atoms with Crippen molar-refractivity contribution >= 4 is 11.6 Å². The van der Waals surface area contributed by atoms with Gasteiger partial charge in [0.05, 0.1) is 17.3 Å². The highest BCUT2D eigenvalue weighted by Gasteiger charge is 2.25. The SMILES string of the molecule is Cc1ccc(-n2nnc(CCl)c2C(C)(C)C)cc1. The summed E-state index contributed by atoms with van der Waals surface area (Å²) in [6.07, 6.45) is 0. The fourth-order valence-electron chi connectivity index (χ4n) is 2.02. The fraction of sp³-hybridized carbons (Fsp3) is 0.429. The number of rotatable bonds is 2. The molecule has 0 spiro atoms. The number of alkyl halides is 1. The first-order valence-corrected chi connectivity index (χ1v) is 6.55. The maximum absolute atomic E-state index is 5.95. The van der Waals surface area contributed by atoms with Gasteiger partial charge in [0.2, 0.25) is 0 Å². The molecule has 3 nitrogen and oxygen atoms in total. The smallest absolute Gasteiger partial charge is 0.102 e. The summed E-state index contributed by atoms with van der Waals surface area (Å²) in [6.45, 7) is 8.51. The van der Waals surface area contributed by atoms with Crippen molar-refractivity contribution in [2.45, 2.75) is 39.0 Å². The van der Waals surface area contributed by atoms with Crippen LogP contribution in [0.1, 0.15) is 37.7 Å². The molecule has 18 heavy (non-hydrogen) atoms. The molecule has 0 N–H and O–H groups in total. The van der Waals surface area contributed by atoms with Gasteiger partial charge in [0.15, 0.2) is 0 Å². The number of halogens is 1. The Morgan fingerprint density at radius 3 is 2.28 bits per heavy atom. The first-order valence-electron chi connectivity index (χ1n) is 6.01. The van der Waals surface area contributed by atoms with Crippen LogP contribution in [0.5, 0.6) is 0 Å². The molecule has 1 aromatic heterocycles. The van der Waals surface area contributed by atoms with Crippen LogP contribution in [-0.4, -0.2) is 15.0 Å². The summed E-state index contributed by atoms with van der Waals surface area (Å²) in [7, 11) is 0. The number of hydrogen-bond acceptors (Lipinski definition) is 2. The van der Waals surface area contributed by atoms with Gasteiger partial charge in [-0.3, -0.25) is 0 Å². The van der Waals surface area contributed by atoms with Crippen molar-refractivity contribution < 1.29 is 0 Å². The standard InChI is InChI=1S/C14H18ClN3/c1-10-5-7-11(8-6-10)18-13(14(2,3)4)12(9-15)16-17-18/h5-8H,9H2,1-4H3. The minimum Gasteiger partial charge on any atom is -0.217 e. The third-order valence-corrected chi connectivity index (χ3v) is 3.11. The van der Waals surface area contributed by atoms with Crippen molar-refractivity contribution in [3.05, 3.63) is 41.2 Å². The second-order valence-corrected chi connectivity index (χ2v) is 5.78. The summed E-state index contributed by atoms with van der Waals surface area (Å²) in [5, 5.41) is 8.42. The van der Waals surface area contributed by atoms with E-state index in [1.54, 1.807) is 0 Å². The van der Waals surface area contributed by atoms with Gasteiger partial charge in [-0.2, -0.15) is 0 Å². The van der Waals surface area contributed by atoms with Gasteiger partial charge in [0.25, 0.3) is 0 Å². The molecule has 2 rings (SSSR count). The molecule has 0 fully saturated rings. The summed E-state index contributed by atoms with van der Waals surface area (Å²) < 4.78 is 1.89. The van der Waals surface area contributed by atoms with Crippen LogP contribution in [0, 0.1) is 6.92 Å². The molecule has 1 aromatic carbocycles. The first-order chi connectivity index (χ1) is 8.43. The van der Waals surface area contributed by atoms with Gasteiger partial charge in [-0.05, 0) is 19.1 Å². The Morgan fingerprint density at radius 2 is 1.78 bits per heavy atom. The van der Waals surface area contributed by atoms with Gasteiger partial charge in [0, 0.05) is 5.41 Å². The maximum Gasteiger partial charge on any atom is 0.102 e. The predicted octanol–water partition coefficient (Wildman–Crippen LogP) is 3.61. The third-order valence-electron chi connectivity index (χ3n) is 2.86. The minimum atomic E-state index is -0.0430. The largest absolute Gasteiger partial charge is 0.217 e. The normalized spacial score (nSPS) is 11.8. The molecule has 0 amide bonds. The summed E-state index contributed by atoms with van der Waals surface area (Å²) in [6, 6.07) is 8.25. The molecule has 1 heterocycles. The average Bonchev–Trinajstić information content (AvgIpc) is 2.73. The summed E-state index contributed by atoms with van der Waals surface area (Å²) in [4.78, 5) is 0. The second kappa shape index (κ2) is 4.73. The Labute approximate surface area is 113 Å². The van der Waals surface area contributed by atoms with E-state index in [1.807, 2.05) is 4.68 Å². The van der Waals surface area contributed by atoms with E-state index in [4.69, 9.17) is 11.6 Å². The summed E-state index contributed by atoms with van der Waals surface area (Å²) in [5.74, 6) is 0.387. The van der Waals surface area contributed by atoms with E-state index in [1.165, 1.54) is 5.56 Å². The molecule has 0 saturated heterocycles. The van der Waals surface area contributed by atoms with E-state index in [-0.39, 0.29) is 5.41 Å². The quantitative estimate of drug-likeness (QED) is 0.775. The molecule has 0 unspecified atom stereocenters. The summed E-state index contributed by atoms with van der Waals surface area (Å²) in [5.41, 5.74) is 4.13. The molecule has 0 atom stereocenters. The predicted molar refractivity (Wildman–Crippen MR) is 74.4 cm³/mol. The van der Waals surface area contributed by atoms with Crippen molar-refractivity contribution in [3.63, 3.8) is 0 Å². The van der Waals surface area contributed by atoms with Crippen molar-refractivity contribution in [1.29, 1.82) is 0 Å². The monoisotopic (exact) mass is 263 g/mol. The summed E-state index contributed by atoms with van der Waals surface area (Å²) >= 11 is 5.95. The van der Waals surface area contributed by atoms with E-state index in [2.05, 4.69) is 62.3 Å². The number of benzene rings is 1. The van der Waals surface area contributed by atoms with Crippen LogP contribution < -0.4 is 0 Å². The van der Waals surface area contributed by atoms with Gasteiger partial charge in [0.1, 0.15) is 5.69 Å². The third kappa shape index (κ3) is 2.41. The Balaban J connectivity index is 2.58. The van der Waals surface area contributed by atoms with Crippen molar-refractivity contribution in [3.8, 4) is 5.69 Å². The van der Waals surface area contributed by atoms with Crippen molar-refractivity contribution in [1.82, 2.24) is 15.0 Å². The molecule has 0 saturated carbocycles. The van der Waals surface area contributed by atoms with Gasteiger partial charge in [-0.15, -0.1) is 16.7 Å². The van der Waals surface area contributed by atoms with Crippen molar-refractivity contribution in [2.24, 2.45) is 0 Å². The number of hydrogen-bond donors (Lipinski definition) is 0. The van der Waals surface area contributed by atoms with E-state index in [9.17, 15) is 0 Å². The van der Waals surface area contributed by atoms with Gasteiger partial charge >= 0.3 is 0 Å². The Kier molecular flexibility index (Phi) is 3.44.